The van der Waals surface area contributed by atoms with Crippen molar-refractivity contribution in [3.63, 3.8) is 0 Å². The molecule has 0 aliphatic carbocycles. The maximum Gasteiger partial charge on any atom is 0.258 e. The Hall–Kier alpha value is -4.28. The third-order valence-corrected chi connectivity index (χ3v) is 6.34. The third-order valence-electron chi connectivity index (χ3n) is 6.34. The first-order valence-corrected chi connectivity index (χ1v) is 10.6. The number of nitrogens with one attached hydrogen (secondary N) is 3. The second kappa shape index (κ2) is 7.12. The smallest absolute Gasteiger partial charge is 0.258 e. The lowest BCUT2D eigenvalue weighted by atomic mass is 9.95. The SMILES string of the molecule is Cc1cc(C(=O)N2CCC3(CC2)NC(=O)c2cc(-c4nnn[nH]4)ccc2O3)cc2cn[nH]c12. The molecule has 2 amide bonds. The van der Waals surface area contributed by atoms with Gasteiger partial charge < -0.3 is 15.0 Å². The van der Waals surface area contributed by atoms with Crippen LogP contribution in [0.2, 0.25) is 0 Å². The zero-order chi connectivity index (χ0) is 22.6. The van der Waals surface area contributed by atoms with Gasteiger partial charge in [-0.25, -0.2) is 5.10 Å². The molecule has 2 aliphatic rings. The Balaban J connectivity index is 1.19. The predicted molar refractivity (Wildman–Crippen MR) is 116 cm³/mol. The minimum Gasteiger partial charge on any atom is -0.467 e. The molecule has 6 rings (SSSR count). The lowest BCUT2D eigenvalue weighted by Gasteiger charge is -2.44. The zero-order valence-electron chi connectivity index (χ0n) is 17.8. The standard InChI is InChI=1S/C22H20N8O3/c1-12-8-14(9-15-11-23-25-18(12)15)21(32)30-6-4-22(5-7-30)24-20(31)16-10-13(2-3-17(16)33-22)19-26-28-29-27-19/h2-3,8-11H,4-7H2,1H3,(H,23,25)(H,24,31)(H,26,27,28,29). The number of piperidine rings is 1. The number of carbonyl (C=O) groups is 2. The Bertz CT molecular complexity index is 1390. The van der Waals surface area contributed by atoms with Gasteiger partial charge in [0, 0.05) is 42.4 Å². The lowest BCUT2D eigenvalue weighted by molar-refractivity contribution is -0.0245. The number of ether oxygens (including phenoxy) is 1. The van der Waals surface area contributed by atoms with Gasteiger partial charge in [0.15, 0.2) is 11.5 Å². The van der Waals surface area contributed by atoms with E-state index in [0.29, 0.717) is 54.2 Å². The maximum atomic E-state index is 13.1. The normalized spacial score (nSPS) is 17.0. The Morgan fingerprint density at radius 2 is 2.00 bits per heavy atom. The average molecular weight is 444 g/mol. The van der Waals surface area contributed by atoms with Crippen LogP contribution in [-0.2, 0) is 0 Å². The molecule has 3 N–H and O–H groups in total. The molecule has 0 unspecified atom stereocenters. The largest absolute Gasteiger partial charge is 0.467 e. The van der Waals surface area contributed by atoms with Crippen LogP contribution in [0.25, 0.3) is 22.3 Å². The summed E-state index contributed by atoms with van der Waals surface area (Å²) in [4.78, 5) is 27.9. The van der Waals surface area contributed by atoms with E-state index in [4.69, 9.17) is 4.74 Å². The monoisotopic (exact) mass is 444 g/mol. The van der Waals surface area contributed by atoms with Crippen molar-refractivity contribution >= 4 is 22.7 Å². The number of H-pyrrole nitrogens is 2. The summed E-state index contributed by atoms with van der Waals surface area (Å²) in [6.07, 6.45) is 2.70. The fraction of sp³-hybridized carbons (Fsp3) is 0.273. The van der Waals surface area contributed by atoms with E-state index in [-0.39, 0.29) is 11.8 Å². The highest BCUT2D eigenvalue weighted by atomic mass is 16.5. The van der Waals surface area contributed by atoms with Crippen molar-refractivity contribution in [2.24, 2.45) is 0 Å². The maximum absolute atomic E-state index is 13.1. The minimum atomic E-state index is -0.833. The molecule has 0 radical (unpaired) electrons. The highest BCUT2D eigenvalue weighted by Crippen LogP contribution is 2.35. The second-order valence-corrected chi connectivity index (χ2v) is 8.43. The van der Waals surface area contributed by atoms with E-state index in [1.54, 1.807) is 29.3 Å². The number of aromatic amines is 2. The highest BCUT2D eigenvalue weighted by molar-refractivity contribution is 6.00. The Kier molecular flexibility index (Phi) is 4.19. The van der Waals surface area contributed by atoms with Crippen LogP contribution in [0.4, 0.5) is 0 Å². The number of aryl methyl sites for hydroxylation is 1. The Labute approximate surface area is 187 Å². The van der Waals surface area contributed by atoms with Crippen molar-refractivity contribution in [2.45, 2.75) is 25.5 Å². The number of rotatable bonds is 2. The quantitative estimate of drug-likeness (QED) is 0.428. The molecule has 1 spiro atoms. The van der Waals surface area contributed by atoms with Gasteiger partial charge in [0.2, 0.25) is 0 Å². The van der Waals surface area contributed by atoms with Crippen LogP contribution in [0, 0.1) is 6.92 Å². The molecule has 11 nitrogen and oxygen atoms in total. The van der Waals surface area contributed by atoms with Crippen LogP contribution in [-0.4, -0.2) is 66.4 Å². The van der Waals surface area contributed by atoms with Gasteiger partial charge >= 0.3 is 0 Å². The molecule has 0 bridgehead atoms. The van der Waals surface area contributed by atoms with Gasteiger partial charge in [0.25, 0.3) is 11.8 Å². The number of benzene rings is 2. The van der Waals surface area contributed by atoms with Gasteiger partial charge in [0.05, 0.1) is 17.3 Å². The van der Waals surface area contributed by atoms with E-state index >= 15 is 0 Å². The van der Waals surface area contributed by atoms with Gasteiger partial charge in [-0.1, -0.05) is 0 Å². The van der Waals surface area contributed by atoms with E-state index in [1.165, 1.54) is 0 Å². The number of carbonyl (C=O) groups excluding carboxylic acids is 2. The molecule has 4 aromatic rings. The van der Waals surface area contributed by atoms with Crippen LogP contribution in [0.3, 0.4) is 0 Å². The summed E-state index contributed by atoms with van der Waals surface area (Å²) in [6, 6.07) is 9.00. The van der Waals surface area contributed by atoms with Gasteiger partial charge in [-0.3, -0.25) is 14.7 Å². The number of fused-ring (bicyclic) bond motifs is 2. The number of tetrazole rings is 1. The van der Waals surface area contributed by atoms with Gasteiger partial charge in [-0.2, -0.15) is 5.10 Å². The van der Waals surface area contributed by atoms with E-state index < -0.39 is 5.72 Å². The van der Waals surface area contributed by atoms with Gasteiger partial charge in [0.1, 0.15) is 5.75 Å². The number of likely N-dealkylation sites (tertiary alicyclic amines) is 1. The summed E-state index contributed by atoms with van der Waals surface area (Å²) in [5.74, 6) is 0.729. The fourth-order valence-corrected chi connectivity index (χ4v) is 4.57. The molecular formula is C22H20N8O3. The van der Waals surface area contributed by atoms with Crippen molar-refractivity contribution in [1.29, 1.82) is 0 Å². The van der Waals surface area contributed by atoms with Crippen LogP contribution in [0.1, 0.15) is 39.1 Å². The van der Waals surface area contributed by atoms with Crippen LogP contribution in [0.15, 0.2) is 36.5 Å². The van der Waals surface area contributed by atoms with Gasteiger partial charge in [-0.15, -0.1) is 5.10 Å². The molecule has 1 fully saturated rings. The summed E-state index contributed by atoms with van der Waals surface area (Å²) in [7, 11) is 0. The number of amides is 2. The van der Waals surface area contributed by atoms with Crippen LogP contribution in [0.5, 0.6) is 5.75 Å². The van der Waals surface area contributed by atoms with Crippen LogP contribution >= 0.6 is 0 Å². The van der Waals surface area contributed by atoms with Crippen molar-refractivity contribution in [2.75, 3.05) is 13.1 Å². The van der Waals surface area contributed by atoms with Crippen molar-refractivity contribution < 1.29 is 14.3 Å². The van der Waals surface area contributed by atoms with Crippen molar-refractivity contribution in [3.8, 4) is 17.1 Å². The molecular weight excluding hydrogens is 424 g/mol. The first-order chi connectivity index (χ1) is 16.0. The van der Waals surface area contributed by atoms with Crippen LogP contribution < -0.4 is 10.1 Å². The molecule has 1 saturated heterocycles. The molecule has 4 heterocycles. The summed E-state index contributed by atoms with van der Waals surface area (Å²) >= 11 is 0. The second-order valence-electron chi connectivity index (χ2n) is 8.43. The fourth-order valence-electron chi connectivity index (χ4n) is 4.57. The molecule has 0 atom stereocenters. The molecule has 166 valence electrons. The average Bonchev–Trinajstić information content (AvgIpc) is 3.51. The molecule has 2 aliphatic heterocycles. The summed E-state index contributed by atoms with van der Waals surface area (Å²) in [5.41, 5.74) is 2.83. The molecule has 2 aromatic carbocycles. The van der Waals surface area contributed by atoms with E-state index in [9.17, 15) is 9.59 Å². The highest BCUT2D eigenvalue weighted by Gasteiger charge is 2.43. The van der Waals surface area contributed by atoms with E-state index in [2.05, 4.69) is 36.1 Å². The minimum absolute atomic E-state index is 0.0381. The van der Waals surface area contributed by atoms with E-state index in [1.807, 2.05) is 19.1 Å². The molecule has 33 heavy (non-hydrogen) atoms. The lowest BCUT2D eigenvalue weighted by Crippen LogP contribution is -2.61. The predicted octanol–water partition coefficient (Wildman–Crippen LogP) is 1.81. The summed E-state index contributed by atoms with van der Waals surface area (Å²) in [5, 5.41) is 24.6. The number of aromatic nitrogens is 6. The van der Waals surface area contributed by atoms with Crippen molar-refractivity contribution in [3.05, 3.63) is 53.2 Å². The Morgan fingerprint density at radius 3 is 2.79 bits per heavy atom. The van der Waals surface area contributed by atoms with E-state index in [0.717, 1.165) is 16.5 Å². The molecule has 2 aromatic heterocycles. The first kappa shape index (κ1) is 19.4. The number of nitrogens with zero attached hydrogens (tertiary/aromatic N) is 5. The first-order valence-electron chi connectivity index (χ1n) is 10.6. The Morgan fingerprint density at radius 1 is 1.15 bits per heavy atom. The topological polar surface area (TPSA) is 142 Å². The number of hydrogen-bond acceptors (Lipinski definition) is 7. The van der Waals surface area contributed by atoms with Gasteiger partial charge in [-0.05, 0) is 53.2 Å². The summed E-state index contributed by atoms with van der Waals surface area (Å²) in [6.45, 7) is 2.90. The third kappa shape index (κ3) is 3.20. The molecule has 11 heteroatoms. The number of hydrogen-bond donors (Lipinski definition) is 3. The molecule has 0 saturated carbocycles. The van der Waals surface area contributed by atoms with Crippen molar-refractivity contribution in [1.82, 2.24) is 41.0 Å². The summed E-state index contributed by atoms with van der Waals surface area (Å²) < 4.78 is 6.26. The zero-order valence-corrected chi connectivity index (χ0v) is 17.8.